The number of piperazine rings is 1. The molecule has 5 rings (SSSR count). The fraction of sp³-hybridized carbons (Fsp3) is 0.294. The predicted octanol–water partition coefficient (Wildman–Crippen LogP) is 1.44. The molecule has 8 nitrogen and oxygen atoms in total. The maximum atomic E-state index is 4.80. The van der Waals surface area contributed by atoms with Gasteiger partial charge < -0.3 is 9.80 Å². The SMILES string of the molecule is CN1CCN(c2ncc3ncn(-c4ccc5[nH]ncc5c4)c3n2)CC1. The Morgan fingerprint density at radius 1 is 1.04 bits per heavy atom. The van der Waals surface area contributed by atoms with Crippen molar-refractivity contribution in [3.05, 3.63) is 36.9 Å². The van der Waals surface area contributed by atoms with Gasteiger partial charge in [-0.15, -0.1) is 0 Å². The van der Waals surface area contributed by atoms with Gasteiger partial charge in [-0.1, -0.05) is 0 Å². The molecule has 1 aliphatic heterocycles. The topological polar surface area (TPSA) is 78.8 Å². The van der Waals surface area contributed by atoms with Gasteiger partial charge in [0.05, 0.1) is 17.9 Å². The van der Waals surface area contributed by atoms with Crippen molar-refractivity contribution in [1.29, 1.82) is 0 Å². The van der Waals surface area contributed by atoms with Crippen LogP contribution in [0.15, 0.2) is 36.9 Å². The van der Waals surface area contributed by atoms with Crippen LogP contribution in [0.1, 0.15) is 0 Å². The van der Waals surface area contributed by atoms with Gasteiger partial charge in [-0.3, -0.25) is 9.67 Å². The second-order valence-electron chi connectivity index (χ2n) is 6.43. The van der Waals surface area contributed by atoms with E-state index in [1.54, 1.807) is 6.33 Å². The molecule has 8 heteroatoms. The lowest BCUT2D eigenvalue weighted by Gasteiger charge is -2.32. The van der Waals surface area contributed by atoms with Crippen molar-refractivity contribution in [2.24, 2.45) is 0 Å². The number of nitrogens with one attached hydrogen (secondary N) is 1. The van der Waals surface area contributed by atoms with Crippen LogP contribution in [0.5, 0.6) is 0 Å². The van der Waals surface area contributed by atoms with Gasteiger partial charge >= 0.3 is 0 Å². The Labute approximate surface area is 144 Å². The number of rotatable bonds is 2. The highest BCUT2D eigenvalue weighted by molar-refractivity contribution is 5.81. The standard InChI is InChI=1S/C17H18N8/c1-23-4-6-24(7-5-23)17-18-10-15-16(21-17)25(11-19-15)13-2-3-14-12(8-13)9-20-22-14/h2-3,8-11H,4-7H2,1H3,(H,20,22). The number of aromatic amines is 1. The molecule has 1 saturated heterocycles. The van der Waals surface area contributed by atoms with Crippen LogP contribution in [0, 0.1) is 0 Å². The summed E-state index contributed by atoms with van der Waals surface area (Å²) in [4.78, 5) is 18.3. The van der Waals surface area contributed by atoms with Crippen LogP contribution in [-0.2, 0) is 0 Å². The second kappa shape index (κ2) is 5.52. The number of aromatic nitrogens is 6. The van der Waals surface area contributed by atoms with Crippen LogP contribution < -0.4 is 4.90 Å². The molecule has 1 aliphatic rings. The molecule has 0 amide bonds. The number of H-pyrrole nitrogens is 1. The van der Waals surface area contributed by atoms with E-state index in [4.69, 9.17) is 4.98 Å². The predicted molar refractivity (Wildman–Crippen MR) is 96.0 cm³/mol. The first-order valence-corrected chi connectivity index (χ1v) is 8.35. The Balaban J connectivity index is 1.57. The molecule has 0 spiro atoms. The van der Waals surface area contributed by atoms with E-state index in [2.05, 4.69) is 43.1 Å². The number of fused-ring (bicyclic) bond motifs is 2. The summed E-state index contributed by atoms with van der Waals surface area (Å²) in [5, 5.41) is 8.12. The molecule has 0 bridgehead atoms. The summed E-state index contributed by atoms with van der Waals surface area (Å²) in [6, 6.07) is 6.14. The number of benzene rings is 1. The summed E-state index contributed by atoms with van der Waals surface area (Å²) < 4.78 is 2.00. The number of nitrogens with zero attached hydrogens (tertiary/aromatic N) is 7. The molecule has 0 atom stereocenters. The van der Waals surface area contributed by atoms with Crippen LogP contribution in [0.3, 0.4) is 0 Å². The molecule has 126 valence electrons. The Morgan fingerprint density at radius 3 is 2.80 bits per heavy atom. The lowest BCUT2D eigenvalue weighted by molar-refractivity contribution is 0.311. The van der Waals surface area contributed by atoms with E-state index >= 15 is 0 Å². The molecule has 0 radical (unpaired) electrons. The first kappa shape index (κ1) is 14.4. The summed E-state index contributed by atoms with van der Waals surface area (Å²) >= 11 is 0. The zero-order chi connectivity index (χ0) is 16.8. The lowest BCUT2D eigenvalue weighted by atomic mass is 10.2. The minimum Gasteiger partial charge on any atom is -0.338 e. The van der Waals surface area contributed by atoms with Gasteiger partial charge in [-0.2, -0.15) is 10.1 Å². The molecule has 0 aliphatic carbocycles. The van der Waals surface area contributed by atoms with Gasteiger partial charge in [-0.25, -0.2) is 9.97 Å². The fourth-order valence-electron chi connectivity index (χ4n) is 3.23. The number of hydrogen-bond donors (Lipinski definition) is 1. The van der Waals surface area contributed by atoms with E-state index in [0.29, 0.717) is 0 Å². The van der Waals surface area contributed by atoms with Crippen LogP contribution in [0.25, 0.3) is 27.8 Å². The third-order valence-corrected chi connectivity index (χ3v) is 4.77. The Hall–Kier alpha value is -3.00. The summed E-state index contributed by atoms with van der Waals surface area (Å²) in [5.74, 6) is 0.770. The van der Waals surface area contributed by atoms with Gasteiger partial charge in [0.25, 0.3) is 0 Å². The van der Waals surface area contributed by atoms with Crippen molar-refractivity contribution in [3.8, 4) is 5.69 Å². The molecule has 0 saturated carbocycles. The lowest BCUT2D eigenvalue weighted by Crippen LogP contribution is -2.45. The van der Waals surface area contributed by atoms with Crippen LogP contribution in [0.2, 0.25) is 0 Å². The largest absolute Gasteiger partial charge is 0.338 e. The van der Waals surface area contributed by atoms with Gasteiger partial charge in [-0.05, 0) is 25.2 Å². The number of likely N-dealkylation sites (N-methyl/N-ethyl adjacent to an activating group) is 1. The highest BCUT2D eigenvalue weighted by Crippen LogP contribution is 2.21. The number of imidazole rings is 1. The minimum absolute atomic E-state index is 0.770. The monoisotopic (exact) mass is 334 g/mol. The molecule has 4 heterocycles. The van der Waals surface area contributed by atoms with Gasteiger partial charge in [0.2, 0.25) is 5.95 Å². The third kappa shape index (κ3) is 2.42. The summed E-state index contributed by atoms with van der Waals surface area (Å²) in [6.07, 6.45) is 5.43. The molecular formula is C17H18N8. The number of hydrogen-bond acceptors (Lipinski definition) is 6. The van der Waals surface area contributed by atoms with Crippen molar-refractivity contribution >= 4 is 28.0 Å². The zero-order valence-corrected chi connectivity index (χ0v) is 13.9. The average Bonchev–Trinajstić information content (AvgIpc) is 3.27. The Bertz CT molecular complexity index is 1040. The number of anilines is 1. The van der Waals surface area contributed by atoms with Gasteiger partial charge in [0, 0.05) is 37.3 Å². The van der Waals surface area contributed by atoms with Crippen molar-refractivity contribution in [1.82, 2.24) is 34.6 Å². The molecular weight excluding hydrogens is 316 g/mol. The summed E-state index contributed by atoms with van der Waals surface area (Å²) in [6.45, 7) is 3.93. The fourth-order valence-corrected chi connectivity index (χ4v) is 3.23. The van der Waals surface area contributed by atoms with Gasteiger partial charge in [0.1, 0.15) is 11.8 Å². The minimum atomic E-state index is 0.770. The summed E-state index contributed by atoms with van der Waals surface area (Å²) in [5.41, 5.74) is 3.65. The molecule has 1 aromatic carbocycles. The molecule has 0 unspecified atom stereocenters. The molecule has 1 N–H and O–H groups in total. The quantitative estimate of drug-likeness (QED) is 0.598. The highest BCUT2D eigenvalue weighted by atomic mass is 15.3. The first-order valence-electron chi connectivity index (χ1n) is 8.35. The van der Waals surface area contributed by atoms with Crippen molar-refractivity contribution < 1.29 is 0 Å². The van der Waals surface area contributed by atoms with E-state index in [-0.39, 0.29) is 0 Å². The van der Waals surface area contributed by atoms with Gasteiger partial charge in [0.15, 0.2) is 5.65 Å². The van der Waals surface area contributed by atoms with E-state index in [9.17, 15) is 0 Å². The van der Waals surface area contributed by atoms with Crippen LogP contribution in [-0.4, -0.2) is 67.8 Å². The van der Waals surface area contributed by atoms with Crippen LogP contribution in [0.4, 0.5) is 5.95 Å². The molecule has 25 heavy (non-hydrogen) atoms. The van der Waals surface area contributed by atoms with E-state index in [1.807, 2.05) is 29.1 Å². The molecule has 4 aromatic rings. The van der Waals surface area contributed by atoms with Crippen LogP contribution >= 0.6 is 0 Å². The zero-order valence-electron chi connectivity index (χ0n) is 13.9. The molecule has 3 aromatic heterocycles. The second-order valence-corrected chi connectivity index (χ2v) is 6.43. The van der Waals surface area contributed by atoms with E-state index in [1.165, 1.54) is 0 Å². The third-order valence-electron chi connectivity index (χ3n) is 4.77. The smallest absolute Gasteiger partial charge is 0.227 e. The Kier molecular flexibility index (Phi) is 3.17. The summed E-state index contributed by atoms with van der Waals surface area (Å²) in [7, 11) is 2.14. The first-order chi connectivity index (χ1) is 12.3. The van der Waals surface area contributed by atoms with Crippen molar-refractivity contribution in [2.45, 2.75) is 0 Å². The highest BCUT2D eigenvalue weighted by Gasteiger charge is 2.18. The Morgan fingerprint density at radius 2 is 1.92 bits per heavy atom. The van der Waals surface area contributed by atoms with E-state index < -0.39 is 0 Å². The molecule has 1 fully saturated rings. The van der Waals surface area contributed by atoms with Crippen molar-refractivity contribution in [2.75, 3.05) is 38.1 Å². The average molecular weight is 334 g/mol. The van der Waals surface area contributed by atoms with Crippen molar-refractivity contribution in [3.63, 3.8) is 0 Å². The normalized spacial score (nSPS) is 16.1. The van der Waals surface area contributed by atoms with E-state index in [0.717, 1.165) is 59.9 Å². The maximum absolute atomic E-state index is 4.80. The maximum Gasteiger partial charge on any atom is 0.227 e.